The molecule has 4 aliphatic rings. The molecule has 0 saturated carbocycles. The van der Waals surface area contributed by atoms with Crippen molar-refractivity contribution in [1.29, 1.82) is 0 Å². The highest BCUT2D eigenvalue weighted by Gasteiger charge is 2.68. The summed E-state index contributed by atoms with van der Waals surface area (Å²) < 4.78 is 15.8. The molecule has 4 fully saturated rings. The van der Waals surface area contributed by atoms with Crippen molar-refractivity contribution >= 4 is 34.8 Å². The van der Waals surface area contributed by atoms with E-state index in [9.17, 15) is 19.2 Å². The number of rotatable bonds is 6. The van der Waals surface area contributed by atoms with Crippen LogP contribution in [-0.4, -0.2) is 88.3 Å². The van der Waals surface area contributed by atoms with Gasteiger partial charge in [0.15, 0.2) is 5.58 Å². The fraction of sp³-hybridized carbons (Fsp3) is 0.560. The number of amides is 3. The zero-order valence-corrected chi connectivity index (χ0v) is 19.9. The summed E-state index contributed by atoms with van der Waals surface area (Å²) in [7, 11) is 0. The number of ether oxygens (including phenoxy) is 2. The van der Waals surface area contributed by atoms with Crippen LogP contribution in [0.4, 0.5) is 4.79 Å². The Bertz CT molecular complexity index is 1200. The molecule has 36 heavy (non-hydrogen) atoms. The number of benzene rings is 1. The number of hydrogen-bond acceptors (Lipinski definition) is 9. The van der Waals surface area contributed by atoms with Crippen molar-refractivity contribution in [2.45, 2.75) is 56.3 Å². The third-order valence-electron chi connectivity index (χ3n) is 7.85. The highest BCUT2D eigenvalue weighted by atomic mass is 16.8. The molecule has 11 nitrogen and oxygen atoms in total. The van der Waals surface area contributed by atoms with E-state index in [1.165, 1.54) is 4.90 Å². The van der Waals surface area contributed by atoms with Crippen molar-refractivity contribution in [3.05, 3.63) is 30.0 Å². The average molecular weight is 497 g/mol. The van der Waals surface area contributed by atoms with E-state index in [1.807, 2.05) is 18.2 Å². The zero-order valence-electron chi connectivity index (χ0n) is 19.9. The minimum atomic E-state index is -2.04. The van der Waals surface area contributed by atoms with Crippen LogP contribution in [0.3, 0.4) is 0 Å². The van der Waals surface area contributed by atoms with Crippen LogP contribution in [0, 0.1) is 0 Å². The van der Waals surface area contributed by atoms with Crippen LogP contribution in [0.25, 0.3) is 11.0 Å². The Balaban J connectivity index is 1.02. The SMILES string of the molecule is O=C1OC2(OC1=O)C(=O)N(CCCCN1CCC(c3noc4ccccc34)CC1)C(=O)N1CCCC12. The number of carbonyl (C=O) groups excluding carboxylic acids is 4. The Morgan fingerprint density at radius 2 is 1.64 bits per heavy atom. The number of hydrogen-bond donors (Lipinski definition) is 0. The molecule has 5 heterocycles. The highest BCUT2D eigenvalue weighted by Crippen LogP contribution is 2.40. The standard InChI is InChI=1S/C25H28N4O7/c30-21-22(31)35-25(34-21)19-8-5-13-28(19)24(33)29(23(25)32)12-4-3-11-27-14-9-16(10-15-27)20-17-6-1-2-7-18(17)36-26-20/h1-2,6-7,16,19H,3-5,8-15H2. The van der Waals surface area contributed by atoms with Crippen LogP contribution in [0.1, 0.15) is 50.1 Å². The van der Waals surface area contributed by atoms with Crippen molar-refractivity contribution in [2.75, 3.05) is 32.7 Å². The van der Waals surface area contributed by atoms with Crippen LogP contribution in [0.15, 0.2) is 28.8 Å². The molecule has 0 aliphatic carbocycles. The van der Waals surface area contributed by atoms with E-state index in [0.29, 0.717) is 31.7 Å². The number of carbonyl (C=O) groups is 4. The molecule has 1 aromatic heterocycles. The molecule has 2 aromatic rings. The molecule has 1 aromatic carbocycles. The maximum absolute atomic E-state index is 13.2. The Morgan fingerprint density at radius 1 is 0.917 bits per heavy atom. The lowest BCUT2D eigenvalue weighted by Gasteiger charge is -2.44. The molecular weight excluding hydrogens is 468 g/mol. The van der Waals surface area contributed by atoms with Gasteiger partial charge in [0.2, 0.25) is 0 Å². The number of fused-ring (bicyclic) bond motifs is 3. The van der Waals surface area contributed by atoms with Crippen LogP contribution in [0.5, 0.6) is 0 Å². The summed E-state index contributed by atoms with van der Waals surface area (Å²) >= 11 is 0. The van der Waals surface area contributed by atoms with Crippen LogP contribution in [-0.2, 0) is 23.9 Å². The van der Waals surface area contributed by atoms with E-state index in [0.717, 1.165) is 60.5 Å². The number of piperidine rings is 1. The largest absolute Gasteiger partial charge is 0.421 e. The van der Waals surface area contributed by atoms with Gasteiger partial charge in [-0.25, -0.2) is 14.4 Å². The minimum absolute atomic E-state index is 0.180. The van der Waals surface area contributed by atoms with E-state index in [4.69, 9.17) is 14.0 Å². The smallest absolute Gasteiger partial charge is 0.403 e. The first-order valence-corrected chi connectivity index (χ1v) is 12.6. The number of esters is 2. The first-order chi connectivity index (χ1) is 17.5. The molecule has 1 spiro atoms. The Hall–Kier alpha value is -3.47. The van der Waals surface area contributed by atoms with Gasteiger partial charge in [-0.3, -0.25) is 9.69 Å². The normalized spacial score (nSPS) is 24.6. The molecule has 0 radical (unpaired) electrons. The predicted molar refractivity (Wildman–Crippen MR) is 123 cm³/mol. The summed E-state index contributed by atoms with van der Waals surface area (Å²) in [4.78, 5) is 54.7. The summed E-state index contributed by atoms with van der Waals surface area (Å²) in [5.74, 6) is -4.80. The Labute approximate surface area is 207 Å². The number of unbranched alkanes of at least 4 members (excludes halogenated alkanes) is 1. The number of aromatic nitrogens is 1. The van der Waals surface area contributed by atoms with Crippen LogP contribution < -0.4 is 0 Å². The summed E-state index contributed by atoms with van der Waals surface area (Å²) in [6.07, 6.45) is 4.47. The molecule has 4 saturated heterocycles. The van der Waals surface area contributed by atoms with Crippen molar-refractivity contribution in [2.24, 2.45) is 0 Å². The molecule has 6 rings (SSSR count). The van der Waals surface area contributed by atoms with Gasteiger partial charge in [0.1, 0.15) is 6.04 Å². The van der Waals surface area contributed by atoms with Gasteiger partial charge in [0.25, 0.3) is 0 Å². The second-order valence-electron chi connectivity index (χ2n) is 9.92. The second kappa shape index (κ2) is 8.88. The van der Waals surface area contributed by atoms with E-state index in [2.05, 4.69) is 16.1 Å². The predicted octanol–water partition coefficient (Wildman–Crippen LogP) is 2.01. The van der Waals surface area contributed by atoms with Gasteiger partial charge in [-0.05, 0) is 70.3 Å². The van der Waals surface area contributed by atoms with Gasteiger partial charge in [-0.15, -0.1) is 0 Å². The molecule has 11 heteroatoms. The Morgan fingerprint density at radius 3 is 2.42 bits per heavy atom. The van der Waals surface area contributed by atoms with Gasteiger partial charge in [-0.2, -0.15) is 0 Å². The molecule has 1 unspecified atom stereocenters. The number of imide groups is 1. The van der Waals surface area contributed by atoms with E-state index < -0.39 is 35.7 Å². The monoisotopic (exact) mass is 496 g/mol. The third kappa shape index (κ3) is 3.64. The summed E-state index contributed by atoms with van der Waals surface area (Å²) in [6.45, 7) is 3.35. The van der Waals surface area contributed by atoms with Gasteiger partial charge in [0, 0.05) is 24.4 Å². The minimum Gasteiger partial charge on any atom is -0.403 e. The summed E-state index contributed by atoms with van der Waals surface area (Å²) in [6, 6.07) is 6.77. The average Bonchev–Trinajstić information content (AvgIpc) is 3.61. The summed E-state index contributed by atoms with van der Waals surface area (Å²) in [5, 5.41) is 5.40. The fourth-order valence-corrected chi connectivity index (χ4v) is 6.00. The van der Waals surface area contributed by atoms with Gasteiger partial charge in [-0.1, -0.05) is 17.3 Å². The molecule has 0 N–H and O–H groups in total. The molecule has 3 amide bonds. The van der Waals surface area contributed by atoms with E-state index >= 15 is 0 Å². The summed E-state index contributed by atoms with van der Waals surface area (Å²) in [5.41, 5.74) is 1.86. The van der Waals surface area contributed by atoms with Gasteiger partial charge >= 0.3 is 29.7 Å². The zero-order chi connectivity index (χ0) is 24.9. The Kier molecular flexibility index (Phi) is 5.66. The van der Waals surface area contributed by atoms with Crippen molar-refractivity contribution in [1.82, 2.24) is 19.9 Å². The maximum Gasteiger partial charge on any atom is 0.421 e. The number of likely N-dealkylation sites (tertiary alicyclic amines) is 1. The fourth-order valence-electron chi connectivity index (χ4n) is 6.00. The molecule has 190 valence electrons. The third-order valence-corrected chi connectivity index (χ3v) is 7.85. The van der Waals surface area contributed by atoms with E-state index in [1.54, 1.807) is 0 Å². The van der Waals surface area contributed by atoms with Gasteiger partial charge in [0.05, 0.1) is 5.69 Å². The number of nitrogens with zero attached hydrogens (tertiary/aromatic N) is 4. The lowest BCUT2D eigenvalue weighted by atomic mass is 9.91. The number of urea groups is 1. The molecule has 1 atom stereocenters. The first-order valence-electron chi connectivity index (χ1n) is 12.6. The lowest BCUT2D eigenvalue weighted by Crippen LogP contribution is -2.69. The maximum atomic E-state index is 13.2. The van der Waals surface area contributed by atoms with Crippen molar-refractivity contribution in [3.8, 4) is 0 Å². The van der Waals surface area contributed by atoms with Gasteiger partial charge < -0.3 is 23.8 Å². The van der Waals surface area contributed by atoms with Crippen molar-refractivity contribution < 1.29 is 33.2 Å². The second-order valence-corrected chi connectivity index (χ2v) is 9.92. The van der Waals surface area contributed by atoms with Crippen LogP contribution in [0.2, 0.25) is 0 Å². The van der Waals surface area contributed by atoms with Crippen LogP contribution >= 0.6 is 0 Å². The topological polar surface area (TPSA) is 122 Å². The first kappa shape index (κ1) is 23.0. The lowest BCUT2D eigenvalue weighted by molar-refractivity contribution is -0.217. The molecule has 4 aliphatic heterocycles. The number of para-hydroxylation sites is 1. The highest BCUT2D eigenvalue weighted by molar-refractivity contribution is 6.32. The van der Waals surface area contributed by atoms with E-state index in [-0.39, 0.29) is 6.54 Å². The van der Waals surface area contributed by atoms with Crippen molar-refractivity contribution in [3.63, 3.8) is 0 Å². The quantitative estimate of drug-likeness (QED) is 0.336. The molecule has 0 bridgehead atoms. The molecular formula is C25H28N4O7.